The van der Waals surface area contributed by atoms with Gasteiger partial charge in [-0.1, -0.05) is 24.3 Å². The number of carbonyl (C=O) groups excluding carboxylic acids is 2. The molecule has 0 radical (unpaired) electrons. The Balaban J connectivity index is 0.890. The van der Waals surface area contributed by atoms with Crippen molar-refractivity contribution < 1.29 is 19.4 Å². The Hall–Kier alpha value is -5.62. The van der Waals surface area contributed by atoms with Crippen LogP contribution in [0, 0.1) is 11.8 Å². The number of phenols is 1. The summed E-state index contributed by atoms with van der Waals surface area (Å²) < 4.78 is 10.3. The van der Waals surface area contributed by atoms with Crippen molar-refractivity contribution in [3.63, 3.8) is 0 Å². The smallest absolute Gasteiger partial charge is 0.249 e. The maximum Gasteiger partial charge on any atom is 0.249 e. The number of hydrogen-bond acceptors (Lipinski definition) is 9. The first-order valence-electron chi connectivity index (χ1n) is 17.1. The van der Waals surface area contributed by atoms with Gasteiger partial charge in [0.2, 0.25) is 11.8 Å². The van der Waals surface area contributed by atoms with Crippen LogP contribution in [0.3, 0.4) is 0 Å². The van der Waals surface area contributed by atoms with Crippen LogP contribution in [0.1, 0.15) is 50.1 Å². The molecule has 0 bridgehead atoms. The van der Waals surface area contributed by atoms with Crippen molar-refractivity contribution in [3.8, 4) is 28.1 Å². The van der Waals surface area contributed by atoms with E-state index < -0.39 is 6.04 Å². The van der Waals surface area contributed by atoms with Crippen LogP contribution in [0.25, 0.3) is 44.3 Å². The fraction of sp³-hybridized carbons (Fsp3) is 0.316. The molecule has 1 aliphatic heterocycles. The Morgan fingerprint density at radius 2 is 1.78 bits per heavy atom. The number of fused-ring (bicyclic) bond motifs is 3. The van der Waals surface area contributed by atoms with Gasteiger partial charge in [-0.15, -0.1) is 10.2 Å². The van der Waals surface area contributed by atoms with E-state index in [0.29, 0.717) is 55.0 Å². The van der Waals surface area contributed by atoms with Crippen molar-refractivity contribution in [2.45, 2.75) is 57.7 Å². The highest BCUT2D eigenvalue weighted by Crippen LogP contribution is 2.37. The lowest BCUT2D eigenvalue weighted by molar-refractivity contribution is -0.135. The number of rotatable bonds is 9. The normalized spacial score (nSPS) is 19.6. The molecule has 1 unspecified atom stereocenters. The number of nitrogens with zero attached hydrogens (tertiary/aromatic N) is 6. The van der Waals surface area contributed by atoms with E-state index in [-0.39, 0.29) is 17.6 Å². The third-order valence-electron chi connectivity index (χ3n) is 10.2. The van der Waals surface area contributed by atoms with Gasteiger partial charge in [-0.05, 0) is 85.9 Å². The third-order valence-corrected chi connectivity index (χ3v) is 10.2. The highest BCUT2D eigenvalue weighted by molar-refractivity contribution is 6.10. The Labute approximate surface area is 288 Å². The standard InChI is InChI=1S/C38H38N8O4/c39-36-29(17-30(43-44-36)27-6-1-2-9-33(27)47)26-18-41-45(20-26)19-23-10-12-24(13-11-23)21-50-22-25-5-3-8-31-35(25)28-7-4-16-40-37(28)46(31)32-14-15-34(48)42-38(32)49/h1-9,16-18,20,23-24,32,47H,10-15,19,21-22H2,(H2,39,44)(H,42,48,49)/t23-,24-,32?. The minimum absolute atomic E-state index is 0.138. The molecule has 2 amide bonds. The van der Waals surface area contributed by atoms with Crippen molar-refractivity contribution in [1.29, 1.82) is 0 Å². The monoisotopic (exact) mass is 670 g/mol. The van der Waals surface area contributed by atoms with E-state index in [1.807, 2.05) is 51.8 Å². The van der Waals surface area contributed by atoms with Gasteiger partial charge in [0.1, 0.15) is 17.4 Å². The highest BCUT2D eigenvalue weighted by atomic mass is 16.5. The van der Waals surface area contributed by atoms with Crippen LogP contribution in [-0.4, -0.2) is 53.1 Å². The molecule has 1 atom stereocenters. The number of benzene rings is 2. The number of nitrogen functional groups attached to an aromatic ring is 1. The van der Waals surface area contributed by atoms with Gasteiger partial charge >= 0.3 is 0 Å². The summed E-state index contributed by atoms with van der Waals surface area (Å²) >= 11 is 0. The Kier molecular flexibility index (Phi) is 8.45. The third kappa shape index (κ3) is 6.07. The van der Waals surface area contributed by atoms with E-state index in [2.05, 4.69) is 31.7 Å². The van der Waals surface area contributed by atoms with E-state index in [9.17, 15) is 14.7 Å². The molecule has 254 valence electrons. The molecule has 5 heterocycles. The summed E-state index contributed by atoms with van der Waals surface area (Å²) in [6.07, 6.45) is 10.7. The van der Waals surface area contributed by atoms with Gasteiger partial charge < -0.3 is 20.1 Å². The number of hydrogen-bond donors (Lipinski definition) is 3. The average molecular weight is 671 g/mol. The number of pyridine rings is 1. The van der Waals surface area contributed by atoms with Gasteiger partial charge in [0.25, 0.3) is 0 Å². The molecular formula is C38H38N8O4. The molecule has 12 heteroatoms. The topological polar surface area (TPSA) is 163 Å². The van der Waals surface area contributed by atoms with Gasteiger partial charge in [-0.3, -0.25) is 19.6 Å². The van der Waals surface area contributed by atoms with Crippen molar-refractivity contribution in [3.05, 3.63) is 84.8 Å². The molecule has 4 N–H and O–H groups in total. The number of anilines is 1. The Morgan fingerprint density at radius 3 is 2.62 bits per heavy atom. The number of nitrogens with one attached hydrogen (secondary N) is 1. The van der Waals surface area contributed by atoms with Crippen molar-refractivity contribution in [2.75, 3.05) is 12.3 Å². The number of piperidine rings is 1. The first kappa shape index (κ1) is 31.6. The van der Waals surface area contributed by atoms with Crippen LogP contribution < -0.4 is 11.1 Å². The lowest BCUT2D eigenvalue weighted by Gasteiger charge is -2.28. The second-order valence-electron chi connectivity index (χ2n) is 13.4. The van der Waals surface area contributed by atoms with Crippen LogP contribution in [0.4, 0.5) is 5.82 Å². The maximum absolute atomic E-state index is 12.9. The summed E-state index contributed by atoms with van der Waals surface area (Å²) in [5.41, 5.74) is 11.7. The summed E-state index contributed by atoms with van der Waals surface area (Å²) in [6, 6.07) is 18.4. The molecule has 8 rings (SSSR count). The van der Waals surface area contributed by atoms with Gasteiger partial charge in [-0.25, -0.2) is 4.98 Å². The minimum Gasteiger partial charge on any atom is -0.507 e. The molecule has 2 aromatic carbocycles. The lowest BCUT2D eigenvalue weighted by Crippen LogP contribution is -2.41. The molecule has 1 saturated carbocycles. The first-order valence-corrected chi connectivity index (χ1v) is 17.1. The first-order chi connectivity index (χ1) is 24.4. The zero-order chi connectivity index (χ0) is 34.2. The number of aromatic hydroxyl groups is 1. The SMILES string of the molecule is Nc1nnc(-c2ccccc2O)cc1-c1cnn(C[C@H]2CC[C@H](COCc3cccc4c3c3cccnc3n4C3CCC(=O)NC3=O)CC2)c1. The van der Waals surface area contributed by atoms with Gasteiger partial charge in [0.05, 0.1) is 24.0 Å². The number of amides is 2. The van der Waals surface area contributed by atoms with Crippen LogP contribution in [0.2, 0.25) is 0 Å². The minimum atomic E-state index is -0.490. The van der Waals surface area contributed by atoms with Crippen LogP contribution in [-0.2, 0) is 27.5 Å². The summed E-state index contributed by atoms with van der Waals surface area (Å²) in [7, 11) is 0. The second kappa shape index (κ2) is 13.4. The predicted octanol–water partition coefficient (Wildman–Crippen LogP) is 5.80. The van der Waals surface area contributed by atoms with Crippen LogP contribution in [0.15, 0.2) is 79.3 Å². The predicted molar refractivity (Wildman–Crippen MR) is 189 cm³/mol. The Morgan fingerprint density at radius 1 is 0.940 bits per heavy atom. The second-order valence-corrected chi connectivity index (χ2v) is 13.4. The zero-order valence-electron chi connectivity index (χ0n) is 27.5. The maximum atomic E-state index is 12.9. The fourth-order valence-corrected chi connectivity index (χ4v) is 7.60. The molecule has 1 saturated heterocycles. The summed E-state index contributed by atoms with van der Waals surface area (Å²) in [5, 5.41) is 27.8. The van der Waals surface area contributed by atoms with Gasteiger partial charge in [0, 0.05) is 59.4 Å². The number of nitrogens with two attached hydrogens (primary N) is 1. The molecular weight excluding hydrogens is 632 g/mol. The van der Waals surface area contributed by atoms with Crippen LogP contribution in [0.5, 0.6) is 5.75 Å². The molecule has 50 heavy (non-hydrogen) atoms. The molecule has 4 aromatic heterocycles. The number of para-hydroxylation sites is 1. The van der Waals surface area contributed by atoms with E-state index in [1.165, 1.54) is 0 Å². The molecule has 1 aliphatic carbocycles. The van der Waals surface area contributed by atoms with E-state index >= 15 is 0 Å². The number of ether oxygens (including phenoxy) is 1. The van der Waals surface area contributed by atoms with Crippen molar-refractivity contribution in [2.24, 2.45) is 11.8 Å². The van der Waals surface area contributed by atoms with E-state index in [1.54, 1.807) is 30.6 Å². The Bertz CT molecular complexity index is 2220. The summed E-state index contributed by atoms with van der Waals surface area (Å²) in [5.74, 6) is 0.940. The summed E-state index contributed by atoms with van der Waals surface area (Å²) in [4.78, 5) is 29.4. The molecule has 2 fully saturated rings. The summed E-state index contributed by atoms with van der Waals surface area (Å²) in [6.45, 7) is 1.98. The molecule has 6 aromatic rings. The molecule has 0 spiro atoms. The number of imide groups is 1. The van der Waals surface area contributed by atoms with Gasteiger partial charge in [-0.2, -0.15) is 5.10 Å². The molecule has 12 nitrogen and oxygen atoms in total. The van der Waals surface area contributed by atoms with E-state index in [4.69, 9.17) is 10.5 Å². The quantitative estimate of drug-likeness (QED) is 0.161. The fourth-order valence-electron chi connectivity index (χ4n) is 7.60. The number of carbonyl (C=O) groups is 2. The van der Waals surface area contributed by atoms with Crippen molar-refractivity contribution >= 4 is 39.6 Å². The van der Waals surface area contributed by atoms with Crippen molar-refractivity contribution in [1.82, 2.24) is 34.8 Å². The molecule has 2 aliphatic rings. The van der Waals surface area contributed by atoms with Crippen LogP contribution >= 0.6 is 0 Å². The lowest BCUT2D eigenvalue weighted by atomic mass is 9.82. The zero-order valence-corrected chi connectivity index (χ0v) is 27.5. The highest BCUT2D eigenvalue weighted by Gasteiger charge is 2.31. The largest absolute Gasteiger partial charge is 0.507 e. The average Bonchev–Trinajstić information content (AvgIpc) is 3.73. The van der Waals surface area contributed by atoms with Gasteiger partial charge in [0.15, 0.2) is 5.82 Å². The number of phenolic OH excluding ortho intramolecular Hbond substituents is 1. The number of aromatic nitrogens is 6. The van der Waals surface area contributed by atoms with E-state index in [0.717, 1.165) is 70.9 Å².